The number of phenols is 1. The van der Waals surface area contributed by atoms with Gasteiger partial charge in [0.05, 0.1) is 18.6 Å². The first-order valence-electron chi connectivity index (χ1n) is 5.86. The smallest absolute Gasteiger partial charge is 0.115 e. The van der Waals surface area contributed by atoms with Gasteiger partial charge in [0.15, 0.2) is 0 Å². The van der Waals surface area contributed by atoms with Gasteiger partial charge in [0, 0.05) is 17.9 Å². The van der Waals surface area contributed by atoms with Gasteiger partial charge in [-0.15, -0.1) is 0 Å². The maximum Gasteiger partial charge on any atom is 0.115 e. The van der Waals surface area contributed by atoms with Gasteiger partial charge in [0.1, 0.15) is 5.75 Å². The molecular formula is C13H15N3O. The number of anilines is 1. The van der Waals surface area contributed by atoms with Crippen LogP contribution < -0.4 is 5.32 Å². The summed E-state index contributed by atoms with van der Waals surface area (Å²) in [6, 6.07) is 7.76. The molecular weight excluding hydrogens is 214 g/mol. The van der Waals surface area contributed by atoms with Crippen LogP contribution in [0.2, 0.25) is 0 Å². The molecule has 0 radical (unpaired) electrons. The number of nitrogens with zero attached hydrogens (tertiary/aromatic N) is 2. The lowest BCUT2D eigenvalue weighted by molar-refractivity contribution is 0.475. The van der Waals surface area contributed by atoms with Crippen molar-refractivity contribution in [3.63, 3.8) is 0 Å². The molecule has 0 bridgehead atoms. The summed E-state index contributed by atoms with van der Waals surface area (Å²) in [5, 5.41) is 12.5. The number of benzene rings is 1. The van der Waals surface area contributed by atoms with Crippen molar-refractivity contribution in [3.05, 3.63) is 42.5 Å². The number of aromatic nitrogens is 2. The highest BCUT2D eigenvalue weighted by atomic mass is 16.3. The van der Waals surface area contributed by atoms with Crippen molar-refractivity contribution in [1.29, 1.82) is 0 Å². The van der Waals surface area contributed by atoms with Crippen LogP contribution in [0.25, 0.3) is 0 Å². The van der Waals surface area contributed by atoms with Crippen molar-refractivity contribution in [2.45, 2.75) is 25.4 Å². The molecule has 2 aromatic rings. The molecule has 0 spiro atoms. The van der Waals surface area contributed by atoms with Crippen LogP contribution in [0, 0.1) is 0 Å². The number of phenolic OH excluding ortho intramolecular Hbond substituents is 1. The maximum atomic E-state index is 9.19. The maximum absolute atomic E-state index is 9.19. The number of rotatable bonds is 4. The zero-order valence-corrected chi connectivity index (χ0v) is 9.50. The van der Waals surface area contributed by atoms with E-state index >= 15 is 0 Å². The minimum atomic E-state index is 0.290. The zero-order chi connectivity index (χ0) is 11.7. The van der Waals surface area contributed by atoms with Crippen LogP contribution in [-0.2, 0) is 6.54 Å². The molecule has 0 unspecified atom stereocenters. The first kappa shape index (κ1) is 10.2. The van der Waals surface area contributed by atoms with E-state index in [4.69, 9.17) is 0 Å². The van der Waals surface area contributed by atoms with E-state index in [1.165, 1.54) is 18.5 Å². The number of nitrogens with one attached hydrogen (secondary N) is 1. The average molecular weight is 229 g/mol. The molecule has 0 saturated heterocycles. The van der Waals surface area contributed by atoms with Gasteiger partial charge in [-0.25, -0.2) is 4.98 Å². The third-order valence-electron chi connectivity index (χ3n) is 3.03. The highest BCUT2D eigenvalue weighted by Gasteiger charge is 2.24. The number of aromatic hydroxyl groups is 1. The van der Waals surface area contributed by atoms with Gasteiger partial charge in [-0.05, 0) is 37.1 Å². The Kier molecular flexibility index (Phi) is 2.48. The minimum absolute atomic E-state index is 0.290. The Hall–Kier alpha value is -1.97. The average Bonchev–Trinajstić information content (AvgIpc) is 3.08. The zero-order valence-electron chi connectivity index (χ0n) is 9.50. The predicted molar refractivity (Wildman–Crippen MR) is 65.9 cm³/mol. The summed E-state index contributed by atoms with van der Waals surface area (Å²) in [5.41, 5.74) is 2.21. The molecule has 4 nitrogen and oxygen atoms in total. The quantitative estimate of drug-likeness (QED) is 0.792. The van der Waals surface area contributed by atoms with Crippen LogP contribution in [0.4, 0.5) is 5.69 Å². The lowest BCUT2D eigenvalue weighted by Gasteiger charge is -2.09. The van der Waals surface area contributed by atoms with E-state index in [2.05, 4.69) is 14.9 Å². The molecule has 0 amide bonds. The molecule has 1 heterocycles. The molecule has 1 fully saturated rings. The first-order chi connectivity index (χ1) is 8.33. The van der Waals surface area contributed by atoms with Gasteiger partial charge < -0.3 is 15.0 Å². The van der Waals surface area contributed by atoms with E-state index in [1.807, 2.05) is 24.7 Å². The summed E-state index contributed by atoms with van der Waals surface area (Å²) in [5.74, 6) is 0.290. The van der Waals surface area contributed by atoms with Crippen molar-refractivity contribution >= 4 is 5.69 Å². The molecule has 88 valence electrons. The van der Waals surface area contributed by atoms with Gasteiger partial charge in [-0.1, -0.05) is 0 Å². The minimum Gasteiger partial charge on any atom is -0.508 e. The van der Waals surface area contributed by atoms with Crippen molar-refractivity contribution in [3.8, 4) is 5.75 Å². The van der Waals surface area contributed by atoms with Gasteiger partial charge in [-0.3, -0.25) is 0 Å². The second-order valence-corrected chi connectivity index (χ2v) is 4.42. The molecule has 1 aliphatic carbocycles. The topological polar surface area (TPSA) is 50.1 Å². The highest BCUT2D eigenvalue weighted by Crippen LogP contribution is 2.35. The van der Waals surface area contributed by atoms with Crippen molar-refractivity contribution in [2.24, 2.45) is 0 Å². The molecule has 1 saturated carbocycles. The largest absolute Gasteiger partial charge is 0.508 e. The lowest BCUT2D eigenvalue weighted by atomic mass is 10.3. The Morgan fingerprint density at radius 3 is 2.76 bits per heavy atom. The molecule has 0 atom stereocenters. The number of hydrogen-bond acceptors (Lipinski definition) is 3. The summed E-state index contributed by atoms with van der Waals surface area (Å²) in [6.07, 6.45) is 6.35. The molecule has 1 aliphatic rings. The molecule has 3 rings (SSSR count). The molecule has 4 heteroatoms. The van der Waals surface area contributed by atoms with Crippen LogP contribution in [0.15, 0.2) is 36.8 Å². The van der Waals surface area contributed by atoms with Crippen LogP contribution in [0.3, 0.4) is 0 Å². The van der Waals surface area contributed by atoms with Crippen molar-refractivity contribution < 1.29 is 5.11 Å². The fraction of sp³-hybridized carbons (Fsp3) is 0.308. The highest BCUT2D eigenvalue weighted by molar-refractivity contribution is 5.46. The molecule has 1 aromatic carbocycles. The summed E-state index contributed by atoms with van der Waals surface area (Å²) >= 11 is 0. The van der Waals surface area contributed by atoms with E-state index in [0.29, 0.717) is 11.8 Å². The van der Waals surface area contributed by atoms with E-state index in [1.54, 1.807) is 12.1 Å². The second kappa shape index (κ2) is 4.13. The fourth-order valence-electron chi connectivity index (χ4n) is 1.92. The molecule has 17 heavy (non-hydrogen) atoms. The van der Waals surface area contributed by atoms with E-state index in [0.717, 1.165) is 12.2 Å². The Labute approximate surface area is 99.9 Å². The second-order valence-electron chi connectivity index (χ2n) is 4.42. The molecule has 2 N–H and O–H groups in total. The Bertz CT molecular complexity index is 500. The fourth-order valence-corrected chi connectivity index (χ4v) is 1.92. The number of hydrogen-bond donors (Lipinski definition) is 2. The summed E-state index contributed by atoms with van der Waals surface area (Å²) in [7, 11) is 0. The summed E-state index contributed by atoms with van der Waals surface area (Å²) in [6.45, 7) is 0.765. The first-order valence-corrected chi connectivity index (χ1v) is 5.86. The van der Waals surface area contributed by atoms with Crippen LogP contribution in [-0.4, -0.2) is 14.7 Å². The van der Waals surface area contributed by atoms with Crippen molar-refractivity contribution in [1.82, 2.24) is 9.55 Å². The Balaban J connectivity index is 1.67. The van der Waals surface area contributed by atoms with E-state index in [-0.39, 0.29) is 0 Å². The standard InChI is InChI=1S/C13H15N3O/c17-13-5-1-10(2-6-13)15-8-12-7-14-9-16(12)11-3-4-11/h1-2,5-7,9,11,15,17H,3-4,8H2. The van der Waals surface area contributed by atoms with Gasteiger partial charge >= 0.3 is 0 Å². The normalized spacial score (nSPS) is 14.8. The Morgan fingerprint density at radius 2 is 2.06 bits per heavy atom. The summed E-state index contributed by atoms with van der Waals surface area (Å²) < 4.78 is 2.24. The third-order valence-corrected chi connectivity index (χ3v) is 3.03. The van der Waals surface area contributed by atoms with Gasteiger partial charge in [0.2, 0.25) is 0 Å². The van der Waals surface area contributed by atoms with Crippen LogP contribution in [0.5, 0.6) is 5.75 Å². The molecule has 1 aromatic heterocycles. The van der Waals surface area contributed by atoms with Crippen LogP contribution in [0.1, 0.15) is 24.6 Å². The van der Waals surface area contributed by atoms with E-state index < -0.39 is 0 Å². The third kappa shape index (κ3) is 2.25. The van der Waals surface area contributed by atoms with Gasteiger partial charge in [-0.2, -0.15) is 0 Å². The number of imidazole rings is 1. The van der Waals surface area contributed by atoms with E-state index in [9.17, 15) is 5.11 Å². The van der Waals surface area contributed by atoms with Crippen molar-refractivity contribution in [2.75, 3.05) is 5.32 Å². The molecule has 0 aliphatic heterocycles. The lowest BCUT2D eigenvalue weighted by Crippen LogP contribution is -2.05. The Morgan fingerprint density at radius 1 is 1.29 bits per heavy atom. The SMILES string of the molecule is Oc1ccc(NCc2cncn2C2CC2)cc1. The summed E-state index contributed by atoms with van der Waals surface area (Å²) in [4.78, 5) is 4.19. The van der Waals surface area contributed by atoms with Crippen LogP contribution >= 0.6 is 0 Å². The van der Waals surface area contributed by atoms with Gasteiger partial charge in [0.25, 0.3) is 0 Å². The predicted octanol–water partition coefficient (Wildman–Crippen LogP) is 2.54. The monoisotopic (exact) mass is 229 g/mol.